The molecule has 1 heterocycles. The van der Waals surface area contributed by atoms with Crippen molar-refractivity contribution in [3.8, 4) is 5.75 Å². The zero-order chi connectivity index (χ0) is 14.1. The number of ether oxygens (including phenoxy) is 1. The zero-order valence-electron chi connectivity index (χ0n) is 10.7. The smallest absolute Gasteiger partial charge is 0.198 e. The summed E-state index contributed by atoms with van der Waals surface area (Å²) in [5.41, 5.74) is 2.18. The molecule has 20 heavy (non-hydrogen) atoms. The van der Waals surface area contributed by atoms with E-state index >= 15 is 0 Å². The first-order chi connectivity index (χ1) is 9.66. The third kappa shape index (κ3) is 2.48. The number of carbonyl (C=O) groups is 1. The van der Waals surface area contributed by atoms with Gasteiger partial charge in [0, 0.05) is 10.0 Å². The number of hydrogen-bond acceptors (Lipinski definition) is 2. The van der Waals surface area contributed by atoms with Crippen molar-refractivity contribution in [1.82, 2.24) is 0 Å². The fraction of sp³-hybridized carbons (Fsp3) is 0.188. The molecule has 2 nitrogen and oxygen atoms in total. The number of hydrogen-bond donors (Lipinski definition) is 0. The van der Waals surface area contributed by atoms with Crippen molar-refractivity contribution in [2.75, 3.05) is 6.61 Å². The van der Waals surface area contributed by atoms with Crippen LogP contribution in [-0.2, 0) is 6.42 Å². The summed E-state index contributed by atoms with van der Waals surface area (Å²) < 4.78 is 6.54. The molecule has 0 saturated carbocycles. The van der Waals surface area contributed by atoms with Crippen molar-refractivity contribution in [3.05, 3.63) is 62.6 Å². The largest absolute Gasteiger partial charge is 0.493 e. The van der Waals surface area contributed by atoms with Crippen LogP contribution in [0.3, 0.4) is 0 Å². The first-order valence-corrected chi connectivity index (χ1v) is 7.58. The van der Waals surface area contributed by atoms with E-state index in [9.17, 15) is 4.79 Å². The number of benzene rings is 2. The molecule has 4 heteroatoms. The first-order valence-electron chi connectivity index (χ1n) is 6.41. The molecule has 0 amide bonds. The summed E-state index contributed by atoms with van der Waals surface area (Å²) >= 11 is 9.51. The van der Waals surface area contributed by atoms with Crippen LogP contribution in [0.2, 0.25) is 5.02 Å². The van der Waals surface area contributed by atoms with Crippen LogP contribution in [0.15, 0.2) is 40.9 Å². The average molecular weight is 352 g/mol. The summed E-state index contributed by atoms with van der Waals surface area (Å²) in [6.07, 6.45) is 1.94. The van der Waals surface area contributed by atoms with Gasteiger partial charge in [0.1, 0.15) is 5.75 Å². The van der Waals surface area contributed by atoms with Crippen LogP contribution >= 0.6 is 27.5 Å². The maximum Gasteiger partial charge on any atom is 0.198 e. The summed E-state index contributed by atoms with van der Waals surface area (Å²) in [6, 6.07) is 11.0. The number of carbonyl (C=O) groups excluding carboxylic acids is 1. The third-order valence-electron chi connectivity index (χ3n) is 3.35. The standard InChI is InChI=1S/C16H12BrClO2/c17-11-6-7-12(14(18)9-11)15(19)13-5-1-3-10-4-2-8-20-16(10)13/h1,3,5-7,9H,2,4,8H2. The minimum Gasteiger partial charge on any atom is -0.493 e. The molecule has 1 aliphatic rings. The van der Waals surface area contributed by atoms with Crippen LogP contribution in [0, 0.1) is 0 Å². The number of ketones is 1. The predicted molar refractivity (Wildman–Crippen MR) is 82.8 cm³/mol. The van der Waals surface area contributed by atoms with Crippen molar-refractivity contribution in [2.45, 2.75) is 12.8 Å². The predicted octanol–water partition coefficient (Wildman–Crippen LogP) is 4.66. The molecule has 0 saturated heterocycles. The maximum atomic E-state index is 12.7. The monoisotopic (exact) mass is 350 g/mol. The average Bonchev–Trinajstić information content (AvgIpc) is 2.46. The van der Waals surface area contributed by atoms with Gasteiger partial charge in [0.25, 0.3) is 0 Å². The Morgan fingerprint density at radius 1 is 1.20 bits per heavy atom. The fourth-order valence-corrected chi connectivity index (χ4v) is 3.15. The van der Waals surface area contributed by atoms with Gasteiger partial charge >= 0.3 is 0 Å². The van der Waals surface area contributed by atoms with Gasteiger partial charge in [-0.3, -0.25) is 4.79 Å². The second-order valence-corrected chi connectivity index (χ2v) is 6.02. The van der Waals surface area contributed by atoms with Gasteiger partial charge in [-0.25, -0.2) is 0 Å². The zero-order valence-corrected chi connectivity index (χ0v) is 13.0. The van der Waals surface area contributed by atoms with Gasteiger partial charge in [0.2, 0.25) is 0 Å². The van der Waals surface area contributed by atoms with Crippen LogP contribution in [0.25, 0.3) is 0 Å². The number of fused-ring (bicyclic) bond motifs is 1. The molecule has 102 valence electrons. The van der Waals surface area contributed by atoms with Gasteiger partial charge in [0.15, 0.2) is 5.78 Å². The van der Waals surface area contributed by atoms with Crippen LogP contribution in [0.4, 0.5) is 0 Å². The van der Waals surface area contributed by atoms with E-state index in [1.165, 1.54) is 0 Å². The second-order valence-electron chi connectivity index (χ2n) is 4.70. The van der Waals surface area contributed by atoms with Crippen LogP contribution in [-0.4, -0.2) is 12.4 Å². The second kappa shape index (κ2) is 5.58. The minimum absolute atomic E-state index is 0.0961. The van der Waals surface area contributed by atoms with Gasteiger partial charge < -0.3 is 4.74 Å². The first kappa shape index (κ1) is 13.7. The van der Waals surface area contributed by atoms with Gasteiger partial charge in [-0.15, -0.1) is 0 Å². The molecule has 0 atom stereocenters. The molecule has 0 fully saturated rings. The van der Waals surface area contributed by atoms with Crippen LogP contribution in [0.5, 0.6) is 5.75 Å². The normalized spacial score (nSPS) is 13.5. The molecule has 0 unspecified atom stereocenters. The van der Waals surface area contributed by atoms with Gasteiger partial charge in [-0.05, 0) is 42.7 Å². The Kier molecular flexibility index (Phi) is 3.81. The van der Waals surface area contributed by atoms with Crippen molar-refractivity contribution >= 4 is 33.3 Å². The highest BCUT2D eigenvalue weighted by Gasteiger charge is 2.21. The van der Waals surface area contributed by atoms with Crippen molar-refractivity contribution in [1.29, 1.82) is 0 Å². The Labute approximate surface area is 130 Å². The fourth-order valence-electron chi connectivity index (χ4n) is 2.39. The summed E-state index contributed by atoms with van der Waals surface area (Å²) in [6.45, 7) is 0.658. The lowest BCUT2D eigenvalue weighted by molar-refractivity contribution is 0.103. The lowest BCUT2D eigenvalue weighted by Crippen LogP contribution is -2.13. The Hall–Kier alpha value is -1.32. The number of halogens is 2. The molecule has 2 aromatic rings. The Balaban J connectivity index is 2.07. The molecule has 0 bridgehead atoms. The van der Waals surface area contributed by atoms with Crippen LogP contribution in [0.1, 0.15) is 27.9 Å². The molecule has 0 aliphatic carbocycles. The quantitative estimate of drug-likeness (QED) is 0.736. The molecule has 0 radical (unpaired) electrons. The third-order valence-corrected chi connectivity index (χ3v) is 4.16. The van der Waals surface area contributed by atoms with E-state index in [0.717, 1.165) is 22.9 Å². The lowest BCUT2D eigenvalue weighted by atomic mass is 9.97. The van der Waals surface area contributed by atoms with E-state index in [2.05, 4.69) is 15.9 Å². The summed E-state index contributed by atoms with van der Waals surface area (Å²) in [7, 11) is 0. The molecule has 3 rings (SSSR count). The van der Waals surface area contributed by atoms with Crippen molar-refractivity contribution in [2.24, 2.45) is 0 Å². The van der Waals surface area contributed by atoms with Crippen molar-refractivity contribution < 1.29 is 9.53 Å². The number of aryl methyl sites for hydroxylation is 1. The van der Waals surface area contributed by atoms with Gasteiger partial charge in [0.05, 0.1) is 17.2 Å². The molecule has 0 N–H and O–H groups in total. The summed E-state index contributed by atoms with van der Waals surface area (Å²) in [4.78, 5) is 12.7. The highest BCUT2D eigenvalue weighted by Crippen LogP contribution is 2.32. The van der Waals surface area contributed by atoms with E-state index < -0.39 is 0 Å². The van der Waals surface area contributed by atoms with E-state index in [4.69, 9.17) is 16.3 Å². The lowest BCUT2D eigenvalue weighted by Gasteiger charge is -2.19. The van der Waals surface area contributed by atoms with Crippen LogP contribution < -0.4 is 4.74 Å². The van der Waals surface area contributed by atoms with Gasteiger partial charge in [-0.1, -0.05) is 39.7 Å². The molecule has 2 aromatic carbocycles. The molecule has 0 spiro atoms. The topological polar surface area (TPSA) is 26.3 Å². The van der Waals surface area contributed by atoms with E-state index in [1.54, 1.807) is 18.2 Å². The maximum absolute atomic E-state index is 12.7. The Morgan fingerprint density at radius 3 is 2.85 bits per heavy atom. The van der Waals surface area contributed by atoms with E-state index in [-0.39, 0.29) is 5.78 Å². The highest BCUT2D eigenvalue weighted by molar-refractivity contribution is 9.10. The highest BCUT2D eigenvalue weighted by atomic mass is 79.9. The Bertz CT molecular complexity index is 682. The Morgan fingerprint density at radius 2 is 2.05 bits per heavy atom. The van der Waals surface area contributed by atoms with Crippen molar-refractivity contribution in [3.63, 3.8) is 0 Å². The minimum atomic E-state index is -0.0961. The number of para-hydroxylation sites is 1. The molecular formula is C16H12BrClO2. The molecule has 1 aliphatic heterocycles. The SMILES string of the molecule is O=C(c1ccc(Br)cc1Cl)c1cccc2c1OCCC2. The summed E-state index contributed by atoms with van der Waals surface area (Å²) in [5.74, 6) is 0.615. The number of rotatable bonds is 2. The summed E-state index contributed by atoms with van der Waals surface area (Å²) in [5, 5.41) is 0.442. The van der Waals surface area contributed by atoms with Gasteiger partial charge in [-0.2, -0.15) is 0 Å². The van der Waals surface area contributed by atoms with E-state index in [1.807, 2.05) is 18.2 Å². The molecule has 0 aromatic heterocycles. The van der Waals surface area contributed by atoms with E-state index in [0.29, 0.717) is 28.5 Å². The molecular weight excluding hydrogens is 340 g/mol.